The highest BCUT2D eigenvalue weighted by Gasteiger charge is 2.37. The smallest absolute Gasteiger partial charge is 0.245 e. The number of benzene rings is 2. The van der Waals surface area contributed by atoms with Crippen LogP contribution in [0.15, 0.2) is 60.7 Å². The lowest BCUT2D eigenvalue weighted by molar-refractivity contribution is -0.155. The fraction of sp³-hybridized carbons (Fsp3) is 0.263. The van der Waals surface area contributed by atoms with Crippen molar-refractivity contribution >= 4 is 11.8 Å². The molecule has 3 rings (SSSR count). The lowest BCUT2D eigenvalue weighted by Gasteiger charge is -2.39. The van der Waals surface area contributed by atoms with Gasteiger partial charge in [0.05, 0.1) is 6.54 Å². The molecule has 0 spiro atoms. The van der Waals surface area contributed by atoms with E-state index in [1.165, 1.54) is 4.90 Å². The van der Waals surface area contributed by atoms with Crippen molar-refractivity contribution in [3.8, 4) is 0 Å². The molecule has 1 fully saturated rings. The predicted molar refractivity (Wildman–Crippen MR) is 88.6 cm³/mol. The van der Waals surface area contributed by atoms with Crippen molar-refractivity contribution in [3.63, 3.8) is 0 Å². The number of hydrogen-bond acceptors (Lipinski definition) is 2. The molecule has 2 aromatic rings. The molecule has 0 aliphatic carbocycles. The molecular formula is C19H20N2O2. The quantitative estimate of drug-likeness (QED) is 0.868. The minimum absolute atomic E-state index is 0.00289. The summed E-state index contributed by atoms with van der Waals surface area (Å²) in [5.41, 5.74) is 2.10. The number of hydrogen-bond donors (Lipinski definition) is 0. The Balaban J connectivity index is 1.86. The van der Waals surface area contributed by atoms with Crippen molar-refractivity contribution < 1.29 is 9.59 Å². The first-order valence-electron chi connectivity index (χ1n) is 7.77. The molecule has 118 valence electrons. The first-order chi connectivity index (χ1) is 11.1. The van der Waals surface area contributed by atoms with Gasteiger partial charge in [-0.25, -0.2) is 0 Å². The van der Waals surface area contributed by atoms with Gasteiger partial charge in [-0.05, 0) is 11.1 Å². The van der Waals surface area contributed by atoms with E-state index in [4.69, 9.17) is 0 Å². The predicted octanol–water partition coefficient (Wildman–Crippen LogP) is 2.10. The molecule has 1 atom stereocenters. The topological polar surface area (TPSA) is 40.6 Å². The molecule has 23 heavy (non-hydrogen) atoms. The highest BCUT2D eigenvalue weighted by atomic mass is 16.2. The monoisotopic (exact) mass is 308 g/mol. The van der Waals surface area contributed by atoms with Crippen molar-refractivity contribution in [2.45, 2.75) is 19.0 Å². The van der Waals surface area contributed by atoms with Crippen LogP contribution in [0.4, 0.5) is 0 Å². The normalized spacial score (nSPS) is 18.4. The zero-order valence-corrected chi connectivity index (χ0v) is 13.2. The van der Waals surface area contributed by atoms with Gasteiger partial charge in [0.25, 0.3) is 0 Å². The van der Waals surface area contributed by atoms with E-state index in [1.54, 1.807) is 11.9 Å². The molecule has 0 saturated carbocycles. The van der Waals surface area contributed by atoms with Crippen molar-refractivity contribution in [2.24, 2.45) is 0 Å². The van der Waals surface area contributed by atoms with Gasteiger partial charge in [-0.15, -0.1) is 0 Å². The maximum Gasteiger partial charge on any atom is 0.245 e. The Bertz CT molecular complexity index is 685. The van der Waals surface area contributed by atoms with Crippen LogP contribution in [0, 0.1) is 0 Å². The molecule has 0 unspecified atom stereocenters. The maximum absolute atomic E-state index is 12.6. The van der Waals surface area contributed by atoms with E-state index in [0.717, 1.165) is 11.1 Å². The molecule has 4 nitrogen and oxygen atoms in total. The number of carbonyl (C=O) groups excluding carboxylic acids is 2. The van der Waals surface area contributed by atoms with Gasteiger partial charge in [0.2, 0.25) is 11.8 Å². The van der Waals surface area contributed by atoms with Crippen molar-refractivity contribution in [3.05, 3.63) is 71.8 Å². The van der Waals surface area contributed by atoms with Gasteiger partial charge in [0, 0.05) is 20.0 Å². The van der Waals surface area contributed by atoms with E-state index in [1.807, 2.05) is 60.7 Å². The zero-order valence-electron chi connectivity index (χ0n) is 13.2. The van der Waals surface area contributed by atoms with E-state index in [0.29, 0.717) is 13.0 Å². The molecule has 1 heterocycles. The second-order valence-electron chi connectivity index (χ2n) is 5.91. The Labute approximate surface area is 136 Å². The lowest BCUT2D eigenvalue weighted by atomic mass is 10.0. The van der Waals surface area contributed by atoms with Gasteiger partial charge < -0.3 is 9.80 Å². The summed E-state index contributed by atoms with van der Waals surface area (Å²) < 4.78 is 0. The maximum atomic E-state index is 12.6. The van der Waals surface area contributed by atoms with E-state index in [9.17, 15) is 9.59 Å². The minimum Gasteiger partial charge on any atom is -0.335 e. The molecule has 1 saturated heterocycles. The fourth-order valence-electron chi connectivity index (χ4n) is 2.95. The molecule has 0 aromatic heterocycles. The number of nitrogens with zero attached hydrogens (tertiary/aromatic N) is 2. The summed E-state index contributed by atoms with van der Waals surface area (Å²) in [6.07, 6.45) is 0.544. The number of amides is 2. The van der Waals surface area contributed by atoms with Crippen molar-refractivity contribution in [1.29, 1.82) is 0 Å². The average Bonchev–Trinajstić information content (AvgIpc) is 2.58. The van der Waals surface area contributed by atoms with Crippen LogP contribution < -0.4 is 0 Å². The molecule has 0 bridgehead atoms. The molecule has 0 radical (unpaired) electrons. The molecule has 1 aliphatic rings. The standard InChI is InChI=1S/C19H20N2O2/c1-20-14-18(22)21(13-16-10-6-3-7-11-16)17(19(20)23)12-15-8-4-2-5-9-15/h2-11,17H,12-14H2,1H3/t17-/m0/s1. The SMILES string of the molecule is CN1CC(=O)N(Cc2ccccc2)[C@@H](Cc2ccccc2)C1=O. The number of piperazine rings is 1. The molecule has 2 aromatic carbocycles. The van der Waals surface area contributed by atoms with Crippen LogP contribution in [0.3, 0.4) is 0 Å². The second-order valence-corrected chi connectivity index (χ2v) is 5.91. The van der Waals surface area contributed by atoms with Crippen molar-refractivity contribution in [2.75, 3.05) is 13.6 Å². The van der Waals surface area contributed by atoms with Gasteiger partial charge in [-0.3, -0.25) is 9.59 Å². The molecule has 1 aliphatic heterocycles. The summed E-state index contributed by atoms with van der Waals surface area (Å²) in [5.74, 6) is 0.00117. The van der Waals surface area contributed by atoms with Crippen LogP contribution >= 0.6 is 0 Å². The summed E-state index contributed by atoms with van der Waals surface area (Å²) in [6.45, 7) is 0.619. The Kier molecular flexibility index (Phi) is 4.42. The van der Waals surface area contributed by atoms with Crippen molar-refractivity contribution in [1.82, 2.24) is 9.80 Å². The van der Waals surface area contributed by atoms with Crippen LogP contribution in [0.25, 0.3) is 0 Å². The first-order valence-corrected chi connectivity index (χ1v) is 7.77. The summed E-state index contributed by atoms with van der Waals surface area (Å²) in [5, 5.41) is 0. The Morgan fingerprint density at radius 2 is 1.48 bits per heavy atom. The first kappa shape index (κ1) is 15.3. The molecule has 4 heteroatoms. The molecular weight excluding hydrogens is 288 g/mol. The summed E-state index contributed by atoms with van der Waals surface area (Å²) >= 11 is 0. The van der Waals surface area contributed by atoms with Crippen LogP contribution in [0.5, 0.6) is 0 Å². The van der Waals surface area contributed by atoms with Gasteiger partial charge in [-0.2, -0.15) is 0 Å². The minimum atomic E-state index is -0.441. The third-order valence-corrected chi connectivity index (χ3v) is 4.20. The molecule has 0 N–H and O–H groups in total. The largest absolute Gasteiger partial charge is 0.335 e. The van der Waals surface area contributed by atoms with E-state index >= 15 is 0 Å². The Hall–Kier alpha value is -2.62. The van der Waals surface area contributed by atoms with Gasteiger partial charge in [0.1, 0.15) is 6.04 Å². The van der Waals surface area contributed by atoms with E-state index in [2.05, 4.69) is 0 Å². The second kappa shape index (κ2) is 6.65. The van der Waals surface area contributed by atoms with Crippen LogP contribution in [0.1, 0.15) is 11.1 Å². The van der Waals surface area contributed by atoms with Crippen LogP contribution in [-0.2, 0) is 22.6 Å². The third kappa shape index (κ3) is 3.42. The summed E-state index contributed by atoms with van der Waals surface area (Å²) in [4.78, 5) is 28.3. The number of carbonyl (C=O) groups is 2. The number of likely N-dealkylation sites (N-methyl/N-ethyl adjacent to an activating group) is 1. The zero-order chi connectivity index (χ0) is 16.2. The average molecular weight is 308 g/mol. The van der Waals surface area contributed by atoms with Gasteiger partial charge in [0.15, 0.2) is 0 Å². The number of rotatable bonds is 4. The highest BCUT2D eigenvalue weighted by molar-refractivity contribution is 5.94. The fourth-order valence-corrected chi connectivity index (χ4v) is 2.95. The van der Waals surface area contributed by atoms with Gasteiger partial charge >= 0.3 is 0 Å². The Morgan fingerprint density at radius 3 is 2.09 bits per heavy atom. The summed E-state index contributed by atoms with van der Waals surface area (Å²) in [7, 11) is 1.69. The van der Waals surface area contributed by atoms with Gasteiger partial charge in [-0.1, -0.05) is 60.7 Å². The van der Waals surface area contributed by atoms with Crippen LogP contribution in [-0.4, -0.2) is 41.2 Å². The highest BCUT2D eigenvalue weighted by Crippen LogP contribution is 2.19. The summed E-state index contributed by atoms with van der Waals surface area (Å²) in [6, 6.07) is 19.2. The lowest BCUT2D eigenvalue weighted by Crippen LogP contribution is -2.59. The van der Waals surface area contributed by atoms with Crippen LogP contribution in [0.2, 0.25) is 0 Å². The third-order valence-electron chi connectivity index (χ3n) is 4.20. The molecule has 2 amide bonds. The Morgan fingerprint density at radius 1 is 0.913 bits per heavy atom. The van der Waals surface area contributed by atoms with E-state index < -0.39 is 6.04 Å². The van der Waals surface area contributed by atoms with E-state index in [-0.39, 0.29) is 18.4 Å².